The predicted molar refractivity (Wildman–Crippen MR) is 107 cm³/mol. The number of rotatable bonds is 4. The minimum absolute atomic E-state index is 0.163. The van der Waals surface area contributed by atoms with E-state index >= 15 is 0 Å². The number of anilines is 1. The molecule has 0 bridgehead atoms. The molecule has 0 radical (unpaired) electrons. The largest absolute Gasteiger partial charge is 0.378 e. The average molecular weight is 375 g/mol. The van der Waals surface area contributed by atoms with Gasteiger partial charge in [-0.05, 0) is 49.3 Å². The molecular weight excluding hydrogens is 343 g/mol. The number of guanidine groups is 1. The minimum atomic E-state index is -0.163. The molecule has 0 amide bonds. The lowest BCUT2D eigenvalue weighted by molar-refractivity contribution is 0.122. The van der Waals surface area contributed by atoms with Gasteiger partial charge in [-0.1, -0.05) is 12.5 Å². The van der Waals surface area contributed by atoms with E-state index in [1.54, 1.807) is 6.07 Å². The molecule has 2 heterocycles. The molecule has 1 saturated carbocycles. The number of nitrogens with one attached hydrogen (secondary N) is 1. The van der Waals surface area contributed by atoms with Gasteiger partial charge in [-0.3, -0.25) is 0 Å². The quantitative estimate of drug-likeness (QED) is 0.650. The van der Waals surface area contributed by atoms with Crippen molar-refractivity contribution in [2.75, 3.05) is 50.8 Å². The smallest absolute Gasteiger partial charge is 0.194 e. The first-order valence-corrected chi connectivity index (χ1v) is 10.3. The number of likely N-dealkylation sites (tertiary alicyclic amines) is 1. The van der Waals surface area contributed by atoms with Crippen LogP contribution in [-0.4, -0.2) is 56.8 Å². The Balaban J connectivity index is 1.42. The Morgan fingerprint density at radius 1 is 1.22 bits per heavy atom. The van der Waals surface area contributed by atoms with Gasteiger partial charge in [0.2, 0.25) is 0 Å². The minimum Gasteiger partial charge on any atom is -0.378 e. The predicted octanol–water partition coefficient (Wildman–Crippen LogP) is 3.00. The van der Waals surface area contributed by atoms with Gasteiger partial charge in [0, 0.05) is 32.7 Å². The monoisotopic (exact) mass is 374 g/mol. The Kier molecular flexibility index (Phi) is 5.53. The van der Waals surface area contributed by atoms with Gasteiger partial charge in [0.05, 0.1) is 25.4 Å². The molecule has 1 aromatic carbocycles. The summed E-state index contributed by atoms with van der Waals surface area (Å²) in [6.45, 7) is 8.47. The maximum Gasteiger partial charge on any atom is 0.194 e. The maximum atomic E-state index is 14.6. The van der Waals surface area contributed by atoms with Crippen molar-refractivity contribution in [3.05, 3.63) is 29.6 Å². The van der Waals surface area contributed by atoms with E-state index in [1.807, 2.05) is 12.1 Å². The molecule has 0 aromatic heterocycles. The van der Waals surface area contributed by atoms with Crippen LogP contribution < -0.4 is 10.2 Å². The molecule has 4 rings (SSSR count). The summed E-state index contributed by atoms with van der Waals surface area (Å²) in [5.74, 6) is 0.808. The van der Waals surface area contributed by atoms with E-state index in [4.69, 9.17) is 9.73 Å². The van der Waals surface area contributed by atoms with Crippen molar-refractivity contribution >= 4 is 11.6 Å². The van der Waals surface area contributed by atoms with Crippen molar-refractivity contribution in [2.24, 2.45) is 10.4 Å². The summed E-state index contributed by atoms with van der Waals surface area (Å²) in [6.07, 6.45) is 5.37. The van der Waals surface area contributed by atoms with Crippen LogP contribution in [0.4, 0.5) is 10.1 Å². The molecule has 1 spiro atoms. The first-order chi connectivity index (χ1) is 13.2. The average Bonchev–Trinajstić information content (AvgIpc) is 3.12. The molecule has 148 valence electrons. The number of aliphatic imine (C=N–C) groups is 1. The van der Waals surface area contributed by atoms with E-state index in [1.165, 1.54) is 25.7 Å². The lowest BCUT2D eigenvalue weighted by atomic mass is 9.68. The Bertz CT molecular complexity index is 683. The molecule has 27 heavy (non-hydrogen) atoms. The molecular formula is C21H31FN4O. The number of benzene rings is 1. The highest BCUT2D eigenvalue weighted by molar-refractivity contribution is 5.80. The zero-order valence-electron chi connectivity index (χ0n) is 16.3. The number of halogens is 1. The van der Waals surface area contributed by atoms with Gasteiger partial charge in [0.1, 0.15) is 5.82 Å². The second-order valence-electron chi connectivity index (χ2n) is 8.08. The zero-order valence-corrected chi connectivity index (χ0v) is 16.3. The Morgan fingerprint density at radius 2 is 2.04 bits per heavy atom. The summed E-state index contributed by atoms with van der Waals surface area (Å²) in [7, 11) is 0. The van der Waals surface area contributed by atoms with Gasteiger partial charge in [-0.25, -0.2) is 9.38 Å². The highest BCUT2D eigenvalue weighted by atomic mass is 19.1. The molecule has 2 saturated heterocycles. The standard InChI is InChI=1S/C21H31FN4O/c1-2-23-20(26-9-8-21(16-26)6-3-7-21)24-15-17-4-5-19(18(22)14-17)25-10-12-27-13-11-25/h4-5,14H,2-3,6-13,15-16H2,1H3,(H,23,24). The first kappa shape index (κ1) is 18.5. The van der Waals surface area contributed by atoms with E-state index in [-0.39, 0.29) is 5.82 Å². The van der Waals surface area contributed by atoms with Gasteiger partial charge < -0.3 is 19.9 Å². The number of hydrogen-bond donors (Lipinski definition) is 1. The van der Waals surface area contributed by atoms with Crippen LogP contribution in [0.5, 0.6) is 0 Å². The second-order valence-corrected chi connectivity index (χ2v) is 8.08. The molecule has 6 heteroatoms. The van der Waals surface area contributed by atoms with Crippen molar-refractivity contribution in [1.29, 1.82) is 0 Å². The van der Waals surface area contributed by atoms with E-state index in [9.17, 15) is 4.39 Å². The van der Waals surface area contributed by atoms with E-state index in [2.05, 4.69) is 22.0 Å². The summed E-state index contributed by atoms with van der Waals surface area (Å²) >= 11 is 0. The fourth-order valence-corrected chi connectivity index (χ4v) is 4.50. The number of hydrogen-bond acceptors (Lipinski definition) is 3. The van der Waals surface area contributed by atoms with Gasteiger partial charge >= 0.3 is 0 Å². The topological polar surface area (TPSA) is 40.1 Å². The maximum absolute atomic E-state index is 14.6. The van der Waals surface area contributed by atoms with Crippen LogP contribution in [0.1, 0.15) is 38.2 Å². The second kappa shape index (κ2) is 8.05. The summed E-state index contributed by atoms with van der Waals surface area (Å²) < 4.78 is 20.0. The molecule has 1 N–H and O–H groups in total. The molecule has 0 unspecified atom stereocenters. The Labute approximate surface area is 161 Å². The van der Waals surface area contributed by atoms with Crippen molar-refractivity contribution in [1.82, 2.24) is 10.2 Å². The van der Waals surface area contributed by atoms with Gasteiger partial charge in [-0.2, -0.15) is 0 Å². The normalized spacial score (nSPS) is 22.2. The Morgan fingerprint density at radius 3 is 2.67 bits per heavy atom. The van der Waals surface area contributed by atoms with Crippen LogP contribution in [0, 0.1) is 11.2 Å². The van der Waals surface area contributed by atoms with Crippen LogP contribution >= 0.6 is 0 Å². The Hall–Kier alpha value is -1.82. The SMILES string of the molecule is CCNC(=NCc1ccc(N2CCOCC2)c(F)c1)N1CCC2(CCC2)C1. The number of morpholine rings is 1. The number of ether oxygens (including phenoxy) is 1. The number of nitrogens with zero attached hydrogens (tertiary/aromatic N) is 3. The third kappa shape index (κ3) is 4.05. The summed E-state index contributed by atoms with van der Waals surface area (Å²) in [5.41, 5.74) is 2.13. The third-order valence-electron chi connectivity index (χ3n) is 6.26. The van der Waals surface area contributed by atoms with Gasteiger partial charge in [0.15, 0.2) is 5.96 Å². The van der Waals surface area contributed by atoms with Gasteiger partial charge in [-0.15, -0.1) is 0 Å². The molecule has 0 atom stereocenters. The van der Waals surface area contributed by atoms with Crippen LogP contribution in [0.3, 0.4) is 0 Å². The molecule has 2 aliphatic heterocycles. The lowest BCUT2D eigenvalue weighted by Gasteiger charge is -2.38. The van der Waals surface area contributed by atoms with Crippen LogP contribution in [-0.2, 0) is 11.3 Å². The third-order valence-corrected chi connectivity index (χ3v) is 6.26. The summed E-state index contributed by atoms with van der Waals surface area (Å²) in [4.78, 5) is 9.25. The molecule has 3 aliphatic rings. The van der Waals surface area contributed by atoms with E-state index in [0.29, 0.717) is 30.9 Å². The summed E-state index contributed by atoms with van der Waals surface area (Å²) in [5, 5.41) is 3.42. The zero-order chi connectivity index (χ0) is 18.7. The highest BCUT2D eigenvalue weighted by Gasteiger charge is 2.43. The first-order valence-electron chi connectivity index (χ1n) is 10.3. The van der Waals surface area contributed by atoms with Crippen LogP contribution in [0.25, 0.3) is 0 Å². The van der Waals surface area contributed by atoms with Crippen molar-refractivity contribution in [3.63, 3.8) is 0 Å². The van der Waals surface area contributed by atoms with E-state index < -0.39 is 0 Å². The molecule has 5 nitrogen and oxygen atoms in total. The van der Waals surface area contributed by atoms with Crippen molar-refractivity contribution in [2.45, 2.75) is 39.2 Å². The molecule has 3 fully saturated rings. The lowest BCUT2D eigenvalue weighted by Crippen LogP contribution is -2.42. The van der Waals surface area contributed by atoms with E-state index in [0.717, 1.165) is 44.2 Å². The molecule has 1 aromatic rings. The van der Waals surface area contributed by atoms with Crippen LogP contribution in [0.2, 0.25) is 0 Å². The van der Waals surface area contributed by atoms with Crippen molar-refractivity contribution < 1.29 is 9.13 Å². The highest BCUT2D eigenvalue weighted by Crippen LogP contribution is 2.47. The fourth-order valence-electron chi connectivity index (χ4n) is 4.50. The summed E-state index contributed by atoms with van der Waals surface area (Å²) in [6, 6.07) is 5.52. The fraction of sp³-hybridized carbons (Fsp3) is 0.667. The van der Waals surface area contributed by atoms with Crippen molar-refractivity contribution in [3.8, 4) is 0 Å². The molecule has 1 aliphatic carbocycles. The van der Waals surface area contributed by atoms with Crippen LogP contribution in [0.15, 0.2) is 23.2 Å². The van der Waals surface area contributed by atoms with Gasteiger partial charge in [0.25, 0.3) is 0 Å².